The first-order valence-corrected chi connectivity index (χ1v) is 25.0. The molecule has 0 spiro atoms. The quantitative estimate of drug-likeness (QED) is 0.0365. The van der Waals surface area contributed by atoms with E-state index in [0.717, 1.165) is 51.4 Å². The third-order valence-corrected chi connectivity index (χ3v) is 11.4. The van der Waals surface area contributed by atoms with Gasteiger partial charge in [-0.2, -0.15) is 0 Å². The number of amides is 1. The molecule has 5 heteroatoms. The number of allylic oxidation sites excluding steroid dienone is 7. The van der Waals surface area contributed by atoms with Crippen molar-refractivity contribution in [2.75, 3.05) is 6.61 Å². The molecule has 0 bridgehead atoms. The Labute approximate surface area is 355 Å². The number of carbonyl (C=O) groups excluding carboxylic acids is 1. The van der Waals surface area contributed by atoms with E-state index in [1.165, 1.54) is 180 Å². The first-order valence-electron chi connectivity index (χ1n) is 25.0. The van der Waals surface area contributed by atoms with E-state index in [9.17, 15) is 20.1 Å². The molecule has 4 N–H and O–H groups in total. The van der Waals surface area contributed by atoms with Gasteiger partial charge in [0, 0.05) is 0 Å². The third-order valence-electron chi connectivity index (χ3n) is 11.4. The van der Waals surface area contributed by atoms with Gasteiger partial charge in [0.1, 0.15) is 6.10 Å². The maximum Gasteiger partial charge on any atom is 0.249 e. The molecule has 0 heterocycles. The molecule has 0 aromatic heterocycles. The number of aliphatic hydroxyl groups is 3. The normalized spacial score (nSPS) is 13.8. The van der Waals surface area contributed by atoms with Crippen LogP contribution in [-0.4, -0.2) is 46.1 Å². The molecule has 5 nitrogen and oxygen atoms in total. The second-order valence-corrected chi connectivity index (χ2v) is 17.0. The summed E-state index contributed by atoms with van der Waals surface area (Å²) in [6.07, 6.45) is 61.7. The van der Waals surface area contributed by atoms with Gasteiger partial charge in [0.25, 0.3) is 0 Å². The number of rotatable bonds is 45. The van der Waals surface area contributed by atoms with Crippen LogP contribution in [0.15, 0.2) is 48.6 Å². The molecule has 0 aromatic rings. The SMILES string of the molecule is CC/C=C\C/C=C\CCCCCCCCCCCCCCCC(O)C(=O)NC(CO)C(O)/C=C/CC/C=C/CCCCCCCCCCCCCCCCCCC. The lowest BCUT2D eigenvalue weighted by molar-refractivity contribution is -0.131. The van der Waals surface area contributed by atoms with E-state index in [1.54, 1.807) is 6.08 Å². The number of nitrogens with one attached hydrogen (secondary N) is 1. The minimum absolute atomic E-state index is 0.376. The number of unbranched alkanes of at least 4 members (excludes halogenated alkanes) is 31. The van der Waals surface area contributed by atoms with Crippen molar-refractivity contribution in [3.63, 3.8) is 0 Å². The molecule has 0 aliphatic heterocycles. The van der Waals surface area contributed by atoms with E-state index in [-0.39, 0.29) is 6.61 Å². The number of aliphatic hydroxyl groups excluding tert-OH is 3. The molecule has 57 heavy (non-hydrogen) atoms. The summed E-state index contributed by atoms with van der Waals surface area (Å²) in [4.78, 5) is 12.5. The molecule has 0 radical (unpaired) electrons. The standard InChI is InChI=1S/C52H97NO4/c1-3-5-7-9-11-13-15-17-19-21-23-25-26-27-29-30-32-34-36-38-40-42-44-46-50(55)49(48-54)53-52(57)51(56)47-45-43-41-39-37-35-33-31-28-24-22-20-18-16-14-12-10-8-6-4-2/h6,8,12,14,36,38,44,46,49-51,54-56H,3-5,7,9-11,13,15-35,37,39-43,45,47-48H2,1-2H3,(H,53,57)/b8-6-,14-12-,38-36+,46-44+. The Kier molecular flexibility index (Phi) is 45.6. The fourth-order valence-corrected chi connectivity index (χ4v) is 7.53. The molecule has 0 rings (SSSR count). The summed E-state index contributed by atoms with van der Waals surface area (Å²) >= 11 is 0. The zero-order valence-electron chi connectivity index (χ0n) is 38.0. The molecular formula is C52H97NO4. The largest absolute Gasteiger partial charge is 0.394 e. The van der Waals surface area contributed by atoms with Crippen LogP contribution in [0.1, 0.15) is 251 Å². The smallest absolute Gasteiger partial charge is 0.249 e. The molecule has 0 aliphatic carbocycles. The zero-order chi connectivity index (χ0) is 41.5. The highest BCUT2D eigenvalue weighted by molar-refractivity contribution is 5.80. The highest BCUT2D eigenvalue weighted by Gasteiger charge is 2.22. The van der Waals surface area contributed by atoms with E-state index >= 15 is 0 Å². The second kappa shape index (κ2) is 47.0. The van der Waals surface area contributed by atoms with Crippen molar-refractivity contribution in [2.45, 2.75) is 270 Å². The highest BCUT2D eigenvalue weighted by atomic mass is 16.3. The van der Waals surface area contributed by atoms with Crippen LogP contribution < -0.4 is 5.32 Å². The lowest BCUT2D eigenvalue weighted by Gasteiger charge is -2.21. The van der Waals surface area contributed by atoms with E-state index in [4.69, 9.17) is 0 Å². The Bertz CT molecular complexity index is 927. The summed E-state index contributed by atoms with van der Waals surface area (Å²) in [6.45, 7) is 4.09. The van der Waals surface area contributed by atoms with Gasteiger partial charge in [-0.25, -0.2) is 0 Å². The van der Waals surface area contributed by atoms with Crippen LogP contribution in [0.5, 0.6) is 0 Å². The number of hydrogen-bond acceptors (Lipinski definition) is 4. The van der Waals surface area contributed by atoms with Crippen molar-refractivity contribution in [3.05, 3.63) is 48.6 Å². The summed E-state index contributed by atoms with van der Waals surface area (Å²) in [5, 5.41) is 33.2. The van der Waals surface area contributed by atoms with Crippen molar-refractivity contribution in [2.24, 2.45) is 0 Å². The van der Waals surface area contributed by atoms with E-state index < -0.39 is 24.2 Å². The second-order valence-electron chi connectivity index (χ2n) is 17.0. The summed E-state index contributed by atoms with van der Waals surface area (Å²) in [5.74, 6) is -0.513. The third kappa shape index (κ3) is 42.2. The van der Waals surface area contributed by atoms with Gasteiger partial charge in [0.2, 0.25) is 5.91 Å². The van der Waals surface area contributed by atoms with E-state index in [0.29, 0.717) is 6.42 Å². The molecule has 334 valence electrons. The summed E-state index contributed by atoms with van der Waals surface area (Å²) in [7, 11) is 0. The number of carbonyl (C=O) groups is 1. The van der Waals surface area contributed by atoms with Crippen LogP contribution in [0.4, 0.5) is 0 Å². The van der Waals surface area contributed by atoms with Crippen molar-refractivity contribution in [3.8, 4) is 0 Å². The molecule has 3 atom stereocenters. The predicted octanol–water partition coefficient (Wildman–Crippen LogP) is 14.9. The van der Waals surface area contributed by atoms with Crippen molar-refractivity contribution < 1.29 is 20.1 Å². The minimum atomic E-state index is -1.11. The first-order chi connectivity index (χ1) is 28.1. The highest BCUT2D eigenvalue weighted by Crippen LogP contribution is 2.16. The molecule has 0 saturated heterocycles. The molecule has 0 aliphatic rings. The molecule has 3 unspecified atom stereocenters. The van der Waals surface area contributed by atoms with Crippen molar-refractivity contribution in [1.29, 1.82) is 0 Å². The van der Waals surface area contributed by atoms with Gasteiger partial charge in [-0.05, 0) is 57.8 Å². The molecule has 0 saturated carbocycles. The lowest BCUT2D eigenvalue weighted by Crippen LogP contribution is -2.48. The fourth-order valence-electron chi connectivity index (χ4n) is 7.53. The van der Waals surface area contributed by atoms with E-state index in [1.807, 2.05) is 6.08 Å². The lowest BCUT2D eigenvalue weighted by atomic mass is 10.0. The molecule has 1 amide bonds. The van der Waals surface area contributed by atoms with Crippen molar-refractivity contribution in [1.82, 2.24) is 5.32 Å². The van der Waals surface area contributed by atoms with Crippen LogP contribution in [0.3, 0.4) is 0 Å². The Morgan fingerprint density at radius 2 is 0.825 bits per heavy atom. The van der Waals surface area contributed by atoms with Crippen LogP contribution in [0.25, 0.3) is 0 Å². The van der Waals surface area contributed by atoms with Crippen LogP contribution in [0, 0.1) is 0 Å². The molecule has 0 aromatic carbocycles. The fraction of sp³-hybridized carbons (Fsp3) is 0.827. The molecular weight excluding hydrogens is 703 g/mol. The van der Waals surface area contributed by atoms with Gasteiger partial charge in [-0.1, -0.05) is 242 Å². The maximum absolute atomic E-state index is 12.5. The average Bonchev–Trinajstić information content (AvgIpc) is 3.22. The number of hydrogen-bond donors (Lipinski definition) is 4. The van der Waals surface area contributed by atoms with Gasteiger partial charge >= 0.3 is 0 Å². The monoisotopic (exact) mass is 800 g/mol. The Morgan fingerprint density at radius 1 is 0.456 bits per heavy atom. The predicted molar refractivity (Wildman–Crippen MR) is 250 cm³/mol. The van der Waals surface area contributed by atoms with Gasteiger partial charge in [0.05, 0.1) is 18.8 Å². The van der Waals surface area contributed by atoms with E-state index in [2.05, 4.69) is 55.6 Å². The average molecular weight is 800 g/mol. The van der Waals surface area contributed by atoms with Gasteiger partial charge in [0.15, 0.2) is 0 Å². The first kappa shape index (κ1) is 55.3. The molecule has 0 fully saturated rings. The summed E-state index contributed by atoms with van der Waals surface area (Å²) < 4.78 is 0. The van der Waals surface area contributed by atoms with Gasteiger partial charge in [-0.3, -0.25) is 4.79 Å². The Balaban J connectivity index is 3.65. The van der Waals surface area contributed by atoms with Crippen LogP contribution >= 0.6 is 0 Å². The summed E-state index contributed by atoms with van der Waals surface area (Å²) in [5.41, 5.74) is 0. The topological polar surface area (TPSA) is 89.8 Å². The van der Waals surface area contributed by atoms with Crippen LogP contribution in [-0.2, 0) is 4.79 Å². The Morgan fingerprint density at radius 3 is 1.26 bits per heavy atom. The minimum Gasteiger partial charge on any atom is -0.394 e. The maximum atomic E-state index is 12.5. The van der Waals surface area contributed by atoms with Crippen LogP contribution in [0.2, 0.25) is 0 Å². The summed E-state index contributed by atoms with van der Waals surface area (Å²) in [6, 6.07) is -0.816. The zero-order valence-corrected chi connectivity index (χ0v) is 38.0. The van der Waals surface area contributed by atoms with Crippen molar-refractivity contribution >= 4 is 5.91 Å². The Hall–Kier alpha value is -1.69. The van der Waals surface area contributed by atoms with Gasteiger partial charge < -0.3 is 20.6 Å². The van der Waals surface area contributed by atoms with Gasteiger partial charge in [-0.15, -0.1) is 0 Å².